The molecule has 13 heavy (non-hydrogen) atoms. The van der Waals surface area contributed by atoms with Crippen LogP contribution in [-0.2, 0) is 0 Å². The summed E-state index contributed by atoms with van der Waals surface area (Å²) in [6.07, 6.45) is 3.29. The maximum absolute atomic E-state index is 9.75. The molecule has 4 heteroatoms. The zero-order valence-corrected chi connectivity index (χ0v) is 7.75. The number of nitrogens with zero attached hydrogens (tertiary/aromatic N) is 1. The number of nitrogens with one attached hydrogen (secondary N) is 2. The molecular formula is C9H15N3O. The Morgan fingerprint density at radius 3 is 3.08 bits per heavy atom. The molecule has 1 aliphatic heterocycles. The van der Waals surface area contributed by atoms with Gasteiger partial charge in [-0.25, -0.2) is 4.98 Å². The Morgan fingerprint density at radius 1 is 1.62 bits per heavy atom. The predicted molar refractivity (Wildman–Crippen MR) is 49.3 cm³/mol. The molecule has 0 bridgehead atoms. The van der Waals surface area contributed by atoms with Gasteiger partial charge in [0.15, 0.2) is 0 Å². The van der Waals surface area contributed by atoms with Crippen LogP contribution in [0.1, 0.15) is 30.3 Å². The van der Waals surface area contributed by atoms with Crippen LogP contribution < -0.4 is 5.32 Å². The molecule has 3 N–H and O–H groups in total. The summed E-state index contributed by atoms with van der Waals surface area (Å²) in [5.41, 5.74) is 1.99. The molecule has 1 aliphatic rings. The van der Waals surface area contributed by atoms with Crippen LogP contribution in [0.2, 0.25) is 0 Å². The molecule has 4 nitrogen and oxygen atoms in total. The summed E-state index contributed by atoms with van der Waals surface area (Å²) >= 11 is 0. The highest BCUT2D eigenvalue weighted by Gasteiger charge is 2.26. The number of aliphatic hydroxyl groups is 1. The highest BCUT2D eigenvalue weighted by Crippen LogP contribution is 2.23. The molecule has 72 valence electrons. The van der Waals surface area contributed by atoms with E-state index in [9.17, 15) is 5.11 Å². The van der Waals surface area contributed by atoms with Gasteiger partial charge in [0.2, 0.25) is 0 Å². The van der Waals surface area contributed by atoms with E-state index in [1.54, 1.807) is 6.33 Å². The number of rotatable bonds is 1. The fraction of sp³-hybridized carbons (Fsp3) is 0.667. The lowest BCUT2D eigenvalue weighted by atomic mass is 9.98. The number of H-pyrrole nitrogens is 1. The number of hydrogen-bond donors (Lipinski definition) is 3. The van der Waals surface area contributed by atoms with E-state index in [0.29, 0.717) is 0 Å². The van der Waals surface area contributed by atoms with E-state index in [-0.39, 0.29) is 12.1 Å². The molecule has 0 saturated carbocycles. The maximum atomic E-state index is 9.75. The van der Waals surface area contributed by atoms with E-state index in [1.807, 2.05) is 6.92 Å². The fourth-order valence-electron chi connectivity index (χ4n) is 1.83. The molecule has 2 unspecified atom stereocenters. The summed E-state index contributed by atoms with van der Waals surface area (Å²) in [6, 6.07) is 0.0139. The predicted octanol–water partition coefficient (Wildman–Crippen LogP) is 0.504. The van der Waals surface area contributed by atoms with Gasteiger partial charge < -0.3 is 15.4 Å². The summed E-state index contributed by atoms with van der Waals surface area (Å²) < 4.78 is 0. The molecule has 2 rings (SSSR count). The van der Waals surface area contributed by atoms with Gasteiger partial charge in [0, 0.05) is 5.69 Å². The zero-order valence-electron chi connectivity index (χ0n) is 7.75. The molecule has 1 aromatic rings. The lowest BCUT2D eigenvalue weighted by molar-refractivity contribution is 0.0946. The van der Waals surface area contributed by atoms with Crippen LogP contribution >= 0.6 is 0 Å². The van der Waals surface area contributed by atoms with Gasteiger partial charge in [-0.15, -0.1) is 0 Å². The third-order valence-electron chi connectivity index (χ3n) is 2.59. The first-order chi connectivity index (χ1) is 6.29. The SMILES string of the molecule is Cc1[nH]cnc1C1NCCCC1O. The highest BCUT2D eigenvalue weighted by molar-refractivity contribution is 5.15. The van der Waals surface area contributed by atoms with Crippen molar-refractivity contribution in [2.24, 2.45) is 0 Å². The van der Waals surface area contributed by atoms with Crippen molar-refractivity contribution in [1.29, 1.82) is 0 Å². The Hall–Kier alpha value is -0.870. The molecule has 0 amide bonds. The summed E-state index contributed by atoms with van der Waals surface area (Å²) in [5, 5.41) is 13.0. The first kappa shape index (κ1) is 8.72. The van der Waals surface area contributed by atoms with E-state index in [0.717, 1.165) is 30.8 Å². The van der Waals surface area contributed by atoms with Crippen LogP contribution in [0.3, 0.4) is 0 Å². The van der Waals surface area contributed by atoms with Crippen molar-refractivity contribution in [1.82, 2.24) is 15.3 Å². The van der Waals surface area contributed by atoms with E-state index < -0.39 is 0 Å². The summed E-state index contributed by atoms with van der Waals surface area (Å²) in [7, 11) is 0. The van der Waals surface area contributed by atoms with Gasteiger partial charge in [0.25, 0.3) is 0 Å². The Morgan fingerprint density at radius 2 is 2.46 bits per heavy atom. The smallest absolute Gasteiger partial charge is 0.0925 e. The molecule has 1 saturated heterocycles. The summed E-state index contributed by atoms with van der Waals surface area (Å²) in [4.78, 5) is 7.24. The first-order valence-corrected chi connectivity index (χ1v) is 4.70. The second kappa shape index (κ2) is 3.47. The van der Waals surface area contributed by atoms with Crippen LogP contribution in [0.5, 0.6) is 0 Å². The first-order valence-electron chi connectivity index (χ1n) is 4.70. The van der Waals surface area contributed by atoms with E-state index >= 15 is 0 Å². The third kappa shape index (κ3) is 1.59. The van der Waals surface area contributed by atoms with Gasteiger partial charge in [0.1, 0.15) is 0 Å². The van der Waals surface area contributed by atoms with Gasteiger partial charge in [-0.2, -0.15) is 0 Å². The lowest BCUT2D eigenvalue weighted by Crippen LogP contribution is -2.38. The monoisotopic (exact) mass is 181 g/mol. The van der Waals surface area contributed by atoms with Gasteiger partial charge >= 0.3 is 0 Å². The van der Waals surface area contributed by atoms with Crippen LogP contribution in [0.25, 0.3) is 0 Å². The lowest BCUT2D eigenvalue weighted by Gasteiger charge is -2.28. The highest BCUT2D eigenvalue weighted by atomic mass is 16.3. The van der Waals surface area contributed by atoms with Crippen molar-refractivity contribution in [2.45, 2.75) is 31.9 Å². The van der Waals surface area contributed by atoms with Crippen LogP contribution in [-0.4, -0.2) is 27.7 Å². The molecule has 0 spiro atoms. The number of aliphatic hydroxyl groups excluding tert-OH is 1. The minimum absolute atomic E-state index is 0.0139. The fourth-order valence-corrected chi connectivity index (χ4v) is 1.83. The molecule has 1 fully saturated rings. The standard InChI is InChI=1S/C9H15N3O/c1-6-8(12-5-11-6)9-7(13)3-2-4-10-9/h5,7,9-10,13H,2-4H2,1H3,(H,11,12). The number of imidazole rings is 1. The second-order valence-electron chi connectivity index (χ2n) is 3.55. The maximum Gasteiger partial charge on any atom is 0.0925 e. The topological polar surface area (TPSA) is 60.9 Å². The Bertz CT molecular complexity index is 284. The summed E-state index contributed by atoms with van der Waals surface area (Å²) in [5.74, 6) is 0. The van der Waals surface area contributed by atoms with E-state index in [2.05, 4.69) is 15.3 Å². The van der Waals surface area contributed by atoms with Crippen LogP contribution in [0.4, 0.5) is 0 Å². The van der Waals surface area contributed by atoms with Gasteiger partial charge in [-0.1, -0.05) is 0 Å². The zero-order chi connectivity index (χ0) is 9.26. The van der Waals surface area contributed by atoms with Gasteiger partial charge in [0.05, 0.1) is 24.2 Å². The average molecular weight is 181 g/mol. The number of aryl methyl sites for hydroxylation is 1. The van der Waals surface area contributed by atoms with Crippen molar-refractivity contribution in [2.75, 3.05) is 6.54 Å². The number of hydrogen-bond acceptors (Lipinski definition) is 3. The van der Waals surface area contributed by atoms with Crippen LogP contribution in [0.15, 0.2) is 6.33 Å². The molecule has 1 aromatic heterocycles. The third-order valence-corrected chi connectivity index (χ3v) is 2.59. The van der Waals surface area contributed by atoms with Crippen molar-refractivity contribution in [3.05, 3.63) is 17.7 Å². The largest absolute Gasteiger partial charge is 0.391 e. The van der Waals surface area contributed by atoms with Crippen molar-refractivity contribution < 1.29 is 5.11 Å². The van der Waals surface area contributed by atoms with Crippen molar-refractivity contribution >= 4 is 0 Å². The molecular weight excluding hydrogens is 166 g/mol. The van der Waals surface area contributed by atoms with E-state index in [1.165, 1.54) is 0 Å². The van der Waals surface area contributed by atoms with Gasteiger partial charge in [-0.05, 0) is 26.3 Å². The van der Waals surface area contributed by atoms with Crippen molar-refractivity contribution in [3.63, 3.8) is 0 Å². The normalized spacial score (nSPS) is 29.1. The average Bonchev–Trinajstić information content (AvgIpc) is 2.52. The van der Waals surface area contributed by atoms with E-state index in [4.69, 9.17) is 0 Å². The second-order valence-corrected chi connectivity index (χ2v) is 3.55. The molecule has 2 heterocycles. The summed E-state index contributed by atoms with van der Waals surface area (Å²) in [6.45, 7) is 2.94. The minimum atomic E-state index is -0.296. The number of aromatic nitrogens is 2. The number of piperidine rings is 1. The molecule has 0 aliphatic carbocycles. The quantitative estimate of drug-likeness (QED) is 0.591. The molecule has 0 aromatic carbocycles. The molecule has 0 radical (unpaired) electrons. The Balaban J connectivity index is 2.19. The van der Waals surface area contributed by atoms with Gasteiger partial charge in [-0.3, -0.25) is 0 Å². The molecule has 2 atom stereocenters. The van der Waals surface area contributed by atoms with Crippen LogP contribution in [0, 0.1) is 6.92 Å². The minimum Gasteiger partial charge on any atom is -0.391 e. The Kier molecular flexibility index (Phi) is 2.33. The number of aromatic amines is 1. The van der Waals surface area contributed by atoms with Crippen molar-refractivity contribution in [3.8, 4) is 0 Å². The Labute approximate surface area is 77.4 Å².